The molecule has 1 aliphatic carbocycles. The summed E-state index contributed by atoms with van der Waals surface area (Å²) in [6.07, 6.45) is -2.98. The number of rotatable bonds is 27. The number of alkyl halides is 9. The minimum absolute atomic E-state index is 0.153. The number of carboxylic acids is 1. The van der Waals surface area contributed by atoms with Crippen molar-refractivity contribution >= 4 is 172 Å². The van der Waals surface area contributed by atoms with Crippen molar-refractivity contribution in [1.82, 2.24) is 64.5 Å². The molecule has 6 aromatic carbocycles. The van der Waals surface area contributed by atoms with Crippen molar-refractivity contribution in [3.05, 3.63) is 376 Å². The summed E-state index contributed by atoms with van der Waals surface area (Å²) in [4.78, 5) is 103. The average Bonchev–Trinajstić information content (AvgIpc) is 1.62. The first-order chi connectivity index (χ1) is 69.4. The van der Waals surface area contributed by atoms with Gasteiger partial charge in [0.15, 0.2) is 28.6 Å². The van der Waals surface area contributed by atoms with Crippen molar-refractivity contribution in [2.24, 2.45) is 4.99 Å². The van der Waals surface area contributed by atoms with Crippen molar-refractivity contribution in [1.29, 1.82) is 0 Å². The molecule has 17 rings (SSSR count). The third-order valence-electron chi connectivity index (χ3n) is 22.4. The molecule has 0 aliphatic heterocycles. The highest BCUT2D eigenvalue weighted by Crippen LogP contribution is 2.38. The number of aromatic carboxylic acids is 1. The number of aromatic nitrogens is 10. The first kappa shape index (κ1) is 111. The molecule has 0 fully saturated rings. The fourth-order valence-electron chi connectivity index (χ4n) is 15.3. The van der Waals surface area contributed by atoms with Gasteiger partial charge < -0.3 is 34.8 Å². The summed E-state index contributed by atoms with van der Waals surface area (Å²) in [6, 6.07) is 76.3. The smallest absolute Gasteiger partial charge is 0.337 e. The molecule has 21 nitrogen and oxygen atoms in total. The van der Waals surface area contributed by atoms with Gasteiger partial charge in [0.2, 0.25) is 0 Å². The van der Waals surface area contributed by atoms with Crippen LogP contribution in [-0.4, -0.2) is 111 Å². The van der Waals surface area contributed by atoms with Crippen LogP contribution in [0.4, 0.5) is 45.3 Å². The van der Waals surface area contributed by atoms with Crippen molar-refractivity contribution in [3.8, 4) is 33.8 Å². The Labute approximate surface area is 869 Å². The summed E-state index contributed by atoms with van der Waals surface area (Å²) >= 11 is 41.5. The minimum Gasteiger partial charge on any atom is -0.478 e. The topological polar surface area (TPSA) is 276 Å². The largest absolute Gasteiger partial charge is 0.478 e. The number of ketones is 1. The number of fused-ring (bicyclic) bond motifs is 4. The van der Waals surface area contributed by atoms with E-state index in [1.54, 1.807) is 12.1 Å². The van der Waals surface area contributed by atoms with Crippen LogP contribution in [0.2, 0.25) is 30.4 Å². The number of benzene rings is 6. The molecule has 0 radical (unpaired) electrons. The molecule has 10 aromatic heterocycles. The van der Waals surface area contributed by atoms with Gasteiger partial charge >= 0.3 is 5.97 Å². The number of Topliss-reactive ketones (excluding diaryl/α,β-unsaturated/α-hetero) is 1. The molecule has 0 bridgehead atoms. The lowest BCUT2D eigenvalue weighted by molar-refractivity contribution is -0.131. The molecular weight excluding hydrogens is 2040 g/mol. The molecule has 0 atom stereocenters. The molecule has 0 unspecified atom stereocenters. The highest BCUT2D eigenvalue weighted by atomic mass is 35.5. The van der Waals surface area contributed by atoms with Gasteiger partial charge in [-0.25, -0.2) is 64.3 Å². The summed E-state index contributed by atoms with van der Waals surface area (Å²) in [5.74, 6) is -4.08. The molecule has 10 heterocycles. The van der Waals surface area contributed by atoms with E-state index in [2.05, 4.69) is 134 Å². The second-order valence-electron chi connectivity index (χ2n) is 34.3. The van der Waals surface area contributed by atoms with Crippen LogP contribution < -0.4 is 16.0 Å². The highest BCUT2D eigenvalue weighted by molar-refractivity contribution is 6.68. The molecule has 146 heavy (non-hydrogen) atoms. The van der Waals surface area contributed by atoms with Crippen molar-refractivity contribution in [2.45, 2.75) is 151 Å². The maximum atomic E-state index is 13.8. The normalized spacial score (nSPS) is 11.6. The third kappa shape index (κ3) is 29.2. The zero-order chi connectivity index (χ0) is 106. The monoisotopic (exact) mass is 2130 g/mol. The molecule has 37 heteroatoms. The van der Waals surface area contributed by atoms with E-state index in [-0.39, 0.29) is 42.7 Å². The Kier molecular flexibility index (Phi) is 37.7. The van der Waals surface area contributed by atoms with Gasteiger partial charge in [-0.1, -0.05) is 185 Å². The number of pyridine rings is 7. The number of nitrogens with zero attached hydrogens (tertiary/aromatic N) is 11. The van der Waals surface area contributed by atoms with Gasteiger partial charge in [-0.3, -0.25) is 43.9 Å². The van der Waals surface area contributed by atoms with Crippen LogP contribution in [0, 0.1) is 0 Å². The van der Waals surface area contributed by atoms with Crippen molar-refractivity contribution in [2.75, 3.05) is 0 Å². The van der Waals surface area contributed by atoms with Gasteiger partial charge in [0.1, 0.15) is 27.4 Å². The number of carbonyl (C=O) groups is 6. The van der Waals surface area contributed by atoms with E-state index >= 15 is 0 Å². The van der Waals surface area contributed by atoms with E-state index < -0.39 is 99.2 Å². The SMILES string of the molecule is CC(C)(F)C(=O)NCc1cnc(C(F)F)c(C(=O)Cl)c1.CC(C)(F)C(=O)NCc1cnc(C(F)F)c(C(=O)O)c1.CCn1c(-c2cccc(Cl)c2)cc2nc(CC(=O)c3cc(CNC(=O)C(C)(C)F)cnc3C(F)F)ccc21.CCn1c(-c2cccc(Cl)c2)cc2nc(Cl)ccc21.CCn1c(-c2cccc(Cl)c2)cc2nc(N=C(c3ccccc3)c3ccccc3)ccc21.Clc1cccc(C2=Cc3nc(Cl)ccc3C2)c1. The maximum Gasteiger partial charge on any atom is 0.337 e. The Morgan fingerprint density at radius 2 is 0.774 bits per heavy atom. The van der Waals surface area contributed by atoms with Gasteiger partial charge in [0, 0.05) is 107 Å². The standard InChI is InChI=1S/C28H26ClF3N4O2.C28H22ClN3.C15H12Cl2N2.C14H9Cl2N.C12H12ClF3N2O2.C12H13F3N2O3/c1-4-36-22-9-8-19(35-21(22)13-23(36)17-6-5-7-18(29)11-17)12-24(37)20-10-16(14-33-25(20)26(30)31)15-34-27(38)28(2,3)32;1-2-32-25-16-17-27(30-24(25)19-26(32)22-14-9-15-23(29)18-22)31-28(20-10-5-3-6-11-20)21-12-7-4-8-13-21;1-2-19-13-6-7-15(17)18-12(13)9-14(19)10-4-3-5-11(16)8-10;15-12-3-1-2-9(7-12)11-6-10-4-5-14(16)17-13(10)8-11;1-12(2,16)11(20)18-5-6-3-7(9(13)19)8(10(14)15)17-4-6;1-12(2,15)11(20)17-5-6-3-7(10(18)19)8(9(13)14)16-4-6/h5-11,13-14,26H,4,12,15H2,1-3H3,(H,34,38);3-19H,2H2,1H3;3-9H,2H2,1H3;1-5,7-8H,6H2;3-4,10H,5H2,1-2H3,(H,18,20);3-4,9H,5H2,1-2H3,(H,17,20)(H,18,19). The molecule has 1 aliphatic rings. The number of aliphatic imine (C=N–C) groups is 1. The summed E-state index contributed by atoms with van der Waals surface area (Å²) in [5.41, 5.74) is 10.6. The zero-order valence-corrected chi connectivity index (χ0v) is 84.9. The zero-order valence-electron chi connectivity index (χ0n) is 79.7. The highest BCUT2D eigenvalue weighted by Gasteiger charge is 2.32. The molecule has 4 N–H and O–H groups in total. The number of aryl methyl sites for hydroxylation is 3. The molecule has 3 amide bonds. The number of amides is 3. The van der Waals surface area contributed by atoms with Crippen LogP contribution in [0.25, 0.3) is 78.5 Å². The molecule has 16 aromatic rings. The predicted molar refractivity (Wildman–Crippen MR) is 557 cm³/mol. The van der Waals surface area contributed by atoms with E-state index in [0.29, 0.717) is 44.5 Å². The van der Waals surface area contributed by atoms with E-state index in [4.69, 9.17) is 96.3 Å². The van der Waals surface area contributed by atoms with Crippen LogP contribution >= 0.6 is 81.2 Å². The second kappa shape index (κ2) is 49.7. The number of halogens is 16. The first-order valence-corrected chi connectivity index (χ1v) is 47.9. The van der Waals surface area contributed by atoms with E-state index in [1.165, 1.54) is 17.2 Å². The van der Waals surface area contributed by atoms with Gasteiger partial charge in [0.25, 0.3) is 42.2 Å². The fourth-order valence-corrected chi connectivity index (χ4v) is 16.5. The average molecular weight is 2130 g/mol. The summed E-state index contributed by atoms with van der Waals surface area (Å²) in [5, 5.41) is 18.5. The van der Waals surface area contributed by atoms with Crippen LogP contribution in [0.5, 0.6) is 0 Å². The quantitative estimate of drug-likeness (QED) is 0.0123. The van der Waals surface area contributed by atoms with Crippen LogP contribution in [0.3, 0.4) is 0 Å². The maximum absolute atomic E-state index is 13.8. The first-order valence-electron chi connectivity index (χ1n) is 45.3. The van der Waals surface area contributed by atoms with Crippen LogP contribution in [-0.2, 0) is 66.5 Å². The van der Waals surface area contributed by atoms with Gasteiger partial charge in [-0.2, -0.15) is 0 Å². The summed E-state index contributed by atoms with van der Waals surface area (Å²) in [6.45, 7) is 14.6. The van der Waals surface area contributed by atoms with Gasteiger partial charge in [-0.15, -0.1) is 0 Å². The lowest BCUT2D eigenvalue weighted by atomic mass is 10.0. The van der Waals surface area contributed by atoms with E-state index in [9.17, 15) is 68.3 Å². The number of carbonyl (C=O) groups excluding carboxylic acids is 5. The van der Waals surface area contributed by atoms with Crippen LogP contribution in [0.15, 0.2) is 266 Å². The van der Waals surface area contributed by atoms with E-state index in [1.807, 2.05) is 165 Å². The Balaban J connectivity index is 0.000000160. The number of nitrogens with one attached hydrogen (secondary N) is 3. The molecule has 0 saturated heterocycles. The summed E-state index contributed by atoms with van der Waals surface area (Å²) < 4.78 is 124. The number of hydrogen-bond acceptors (Lipinski definition) is 14. The van der Waals surface area contributed by atoms with Crippen LogP contribution in [0.1, 0.15) is 180 Å². The Morgan fingerprint density at radius 3 is 1.18 bits per heavy atom. The molecule has 0 saturated carbocycles. The summed E-state index contributed by atoms with van der Waals surface area (Å²) in [7, 11) is 0. The van der Waals surface area contributed by atoms with E-state index in [0.717, 1.165) is 196 Å². The Morgan fingerprint density at radius 1 is 0.411 bits per heavy atom. The minimum atomic E-state index is -3.02. The molecular formula is C109H94Cl7F9N14O7. The van der Waals surface area contributed by atoms with Gasteiger partial charge in [-0.05, 0) is 257 Å². The fraction of sp³-hybridized carbons (Fsp3) is 0.211. The Bertz CT molecular complexity index is 7400. The molecule has 0 spiro atoms. The molecule has 754 valence electrons. The second-order valence-corrected chi connectivity index (χ2v) is 37.1. The number of carboxylic acid groups (broad SMARTS) is 1. The van der Waals surface area contributed by atoms with Gasteiger partial charge in [0.05, 0.1) is 79.1 Å². The van der Waals surface area contributed by atoms with Crippen molar-refractivity contribution in [3.63, 3.8) is 0 Å². The third-order valence-corrected chi connectivity index (χ3v) is 24.0. The number of hydrogen-bond donors (Lipinski definition) is 4. The lowest BCUT2D eigenvalue weighted by Crippen LogP contribution is -2.38. The number of allylic oxidation sites excluding steroid dienone is 1. The predicted octanol–water partition coefficient (Wildman–Crippen LogP) is 28.4. The Hall–Kier alpha value is -14.0. The lowest BCUT2D eigenvalue weighted by Gasteiger charge is -2.15. The van der Waals surface area contributed by atoms with Crippen molar-refractivity contribution < 1.29 is 73.4 Å².